The minimum Gasteiger partial charge on any atom is -0.478 e. The highest BCUT2D eigenvalue weighted by atomic mass is 16.5. The number of hydrogen-bond donors (Lipinski definition) is 3. The quantitative estimate of drug-likeness (QED) is 0.312. The number of ether oxygens (including phenoxy) is 1. The van der Waals surface area contributed by atoms with Gasteiger partial charge in [0.25, 0.3) is 0 Å². The lowest BCUT2D eigenvalue weighted by Crippen LogP contribution is -2.37. The minimum absolute atomic E-state index is 0.122. The molecule has 0 saturated heterocycles. The minimum atomic E-state index is -1.03. The number of aliphatic hydroxyl groups is 1. The number of benzene rings is 3. The number of aliphatic hydroxyl groups excluding tert-OH is 1. The molecule has 0 amide bonds. The predicted molar refractivity (Wildman–Crippen MR) is 138 cm³/mol. The summed E-state index contributed by atoms with van der Waals surface area (Å²) in [4.78, 5) is 15.9. The Morgan fingerprint density at radius 1 is 1.00 bits per heavy atom. The topological polar surface area (TPSA) is 91.7 Å². The molecule has 0 fully saturated rings. The third kappa shape index (κ3) is 5.46. The number of carboxylic acid groups (broad SMARTS) is 1. The van der Waals surface area contributed by atoms with E-state index in [4.69, 9.17) is 4.74 Å². The normalized spacial score (nSPS) is 15.6. The molecule has 5 rings (SSSR count). The van der Waals surface area contributed by atoms with Crippen LogP contribution in [0.2, 0.25) is 0 Å². The second-order valence-corrected chi connectivity index (χ2v) is 9.06. The number of aromatic carboxylic acids is 1. The first-order chi connectivity index (χ1) is 17.6. The summed E-state index contributed by atoms with van der Waals surface area (Å²) in [6.07, 6.45) is 5.64. The Bertz CT molecular complexity index is 1340. The van der Waals surface area contributed by atoms with Crippen molar-refractivity contribution in [1.82, 2.24) is 10.3 Å². The van der Waals surface area contributed by atoms with E-state index in [0.29, 0.717) is 18.0 Å². The number of pyridine rings is 1. The van der Waals surface area contributed by atoms with E-state index in [0.717, 1.165) is 36.0 Å². The SMILES string of the molecule is O=C(O)c1ccc(-c2ccc3c(c2)C[C@@H](NC[C@H](O)c2cccnc2)CC3)cc1Oc1ccccc1. The molecule has 0 bridgehead atoms. The molecule has 1 heterocycles. The van der Waals surface area contributed by atoms with Gasteiger partial charge in [-0.3, -0.25) is 4.98 Å². The summed E-state index contributed by atoms with van der Waals surface area (Å²) in [5.74, 6) is -0.127. The second-order valence-electron chi connectivity index (χ2n) is 9.06. The number of nitrogens with one attached hydrogen (secondary N) is 1. The van der Waals surface area contributed by atoms with E-state index in [-0.39, 0.29) is 11.6 Å². The number of nitrogens with zero attached hydrogens (tertiary/aromatic N) is 1. The van der Waals surface area contributed by atoms with Crippen LogP contribution < -0.4 is 10.1 Å². The Morgan fingerprint density at radius 3 is 2.58 bits per heavy atom. The standard InChI is InChI=1S/C30H28N2O4/c33-28(23-5-4-14-31-18-23)19-32-25-12-10-20-8-9-21(15-24(20)16-25)22-11-13-27(30(34)35)29(17-22)36-26-6-2-1-3-7-26/h1-9,11,13-15,17-18,25,28,32-33H,10,12,16,19H2,(H,34,35)/t25-,28-/m0/s1. The molecule has 0 unspecified atom stereocenters. The Kier molecular flexibility index (Phi) is 7.07. The van der Waals surface area contributed by atoms with Gasteiger partial charge in [0.2, 0.25) is 0 Å². The number of carboxylic acids is 1. The Hall–Kier alpha value is -4.00. The number of aromatic nitrogens is 1. The maximum Gasteiger partial charge on any atom is 0.339 e. The lowest BCUT2D eigenvalue weighted by molar-refractivity contribution is 0.0694. The summed E-state index contributed by atoms with van der Waals surface area (Å²) in [6, 6.07) is 24.8. The van der Waals surface area contributed by atoms with Crippen LogP contribution in [0, 0.1) is 0 Å². The molecule has 0 saturated carbocycles. The molecule has 0 aliphatic heterocycles. The Labute approximate surface area is 210 Å². The van der Waals surface area contributed by atoms with Gasteiger partial charge in [0.05, 0.1) is 6.10 Å². The molecule has 3 aromatic carbocycles. The third-order valence-corrected chi connectivity index (χ3v) is 6.62. The number of para-hydroxylation sites is 1. The first-order valence-corrected chi connectivity index (χ1v) is 12.1. The van der Waals surface area contributed by atoms with Crippen molar-refractivity contribution in [3.8, 4) is 22.6 Å². The fourth-order valence-corrected chi connectivity index (χ4v) is 4.66. The van der Waals surface area contributed by atoms with Crippen LogP contribution in [0.15, 0.2) is 91.3 Å². The molecular weight excluding hydrogens is 452 g/mol. The van der Waals surface area contributed by atoms with Crippen LogP contribution in [0.25, 0.3) is 11.1 Å². The average molecular weight is 481 g/mol. The van der Waals surface area contributed by atoms with Crippen molar-refractivity contribution < 1.29 is 19.7 Å². The smallest absolute Gasteiger partial charge is 0.339 e. The van der Waals surface area contributed by atoms with E-state index < -0.39 is 12.1 Å². The number of aryl methyl sites for hydroxylation is 1. The summed E-state index contributed by atoms with van der Waals surface area (Å²) in [6.45, 7) is 0.474. The van der Waals surface area contributed by atoms with Crippen LogP contribution in [-0.4, -0.2) is 33.8 Å². The van der Waals surface area contributed by atoms with Crippen LogP contribution in [0.4, 0.5) is 0 Å². The van der Waals surface area contributed by atoms with Crippen molar-refractivity contribution in [3.63, 3.8) is 0 Å². The van der Waals surface area contributed by atoms with Crippen molar-refractivity contribution in [1.29, 1.82) is 0 Å². The highest BCUT2D eigenvalue weighted by Gasteiger charge is 2.21. The summed E-state index contributed by atoms with van der Waals surface area (Å²) >= 11 is 0. The lowest BCUT2D eigenvalue weighted by atomic mass is 9.86. The summed E-state index contributed by atoms with van der Waals surface area (Å²) in [5.41, 5.74) is 5.43. The molecule has 1 aliphatic rings. The van der Waals surface area contributed by atoms with Crippen LogP contribution in [0.3, 0.4) is 0 Å². The van der Waals surface area contributed by atoms with Gasteiger partial charge in [0, 0.05) is 30.5 Å². The zero-order valence-electron chi connectivity index (χ0n) is 19.8. The van der Waals surface area contributed by atoms with Crippen LogP contribution in [0.5, 0.6) is 11.5 Å². The molecule has 36 heavy (non-hydrogen) atoms. The fraction of sp³-hybridized carbons (Fsp3) is 0.200. The number of rotatable bonds is 8. The van der Waals surface area contributed by atoms with Gasteiger partial charge >= 0.3 is 5.97 Å². The molecule has 6 heteroatoms. The van der Waals surface area contributed by atoms with Gasteiger partial charge in [0.1, 0.15) is 17.1 Å². The predicted octanol–water partition coefficient (Wildman–Crippen LogP) is 5.42. The molecular formula is C30H28N2O4. The number of carbonyl (C=O) groups is 1. The fourth-order valence-electron chi connectivity index (χ4n) is 4.66. The van der Waals surface area contributed by atoms with Gasteiger partial charge in [0.15, 0.2) is 0 Å². The summed E-state index contributed by atoms with van der Waals surface area (Å²) in [7, 11) is 0. The van der Waals surface area contributed by atoms with E-state index in [1.54, 1.807) is 36.7 Å². The van der Waals surface area contributed by atoms with Crippen molar-refractivity contribution >= 4 is 5.97 Å². The molecule has 1 aliphatic carbocycles. The van der Waals surface area contributed by atoms with E-state index >= 15 is 0 Å². The first-order valence-electron chi connectivity index (χ1n) is 12.1. The Morgan fingerprint density at radius 2 is 1.81 bits per heavy atom. The van der Waals surface area contributed by atoms with Gasteiger partial charge in [-0.15, -0.1) is 0 Å². The van der Waals surface area contributed by atoms with Crippen molar-refractivity contribution in [2.45, 2.75) is 31.4 Å². The zero-order valence-corrected chi connectivity index (χ0v) is 19.8. The molecule has 3 N–H and O–H groups in total. The molecule has 2 atom stereocenters. The van der Waals surface area contributed by atoms with Crippen molar-refractivity contribution in [3.05, 3.63) is 114 Å². The van der Waals surface area contributed by atoms with Gasteiger partial charge in [-0.1, -0.05) is 48.5 Å². The van der Waals surface area contributed by atoms with Crippen LogP contribution in [-0.2, 0) is 12.8 Å². The van der Waals surface area contributed by atoms with Crippen LogP contribution >= 0.6 is 0 Å². The largest absolute Gasteiger partial charge is 0.478 e. The highest BCUT2D eigenvalue weighted by molar-refractivity contribution is 5.92. The van der Waals surface area contributed by atoms with Crippen molar-refractivity contribution in [2.24, 2.45) is 0 Å². The van der Waals surface area contributed by atoms with Gasteiger partial charge in [-0.25, -0.2) is 4.79 Å². The number of fused-ring (bicyclic) bond motifs is 1. The van der Waals surface area contributed by atoms with Crippen molar-refractivity contribution in [2.75, 3.05) is 6.54 Å². The lowest BCUT2D eigenvalue weighted by Gasteiger charge is -2.27. The first kappa shape index (κ1) is 23.7. The van der Waals surface area contributed by atoms with Gasteiger partial charge in [-0.05, 0) is 71.8 Å². The molecule has 1 aromatic heterocycles. The average Bonchev–Trinajstić information content (AvgIpc) is 2.92. The maximum absolute atomic E-state index is 11.8. The zero-order chi connectivity index (χ0) is 24.9. The molecule has 0 radical (unpaired) electrons. The van der Waals surface area contributed by atoms with E-state index in [1.165, 1.54) is 11.1 Å². The summed E-state index contributed by atoms with van der Waals surface area (Å²) in [5, 5.41) is 23.6. The molecule has 6 nitrogen and oxygen atoms in total. The second kappa shape index (κ2) is 10.7. The highest BCUT2D eigenvalue weighted by Crippen LogP contribution is 2.33. The Balaban J connectivity index is 1.33. The molecule has 182 valence electrons. The van der Waals surface area contributed by atoms with Crippen LogP contribution in [0.1, 0.15) is 39.6 Å². The van der Waals surface area contributed by atoms with E-state index in [1.807, 2.05) is 36.4 Å². The van der Waals surface area contributed by atoms with E-state index in [2.05, 4.69) is 28.5 Å². The van der Waals surface area contributed by atoms with Gasteiger partial charge < -0.3 is 20.3 Å². The molecule has 0 spiro atoms. The molecule has 4 aromatic rings. The third-order valence-electron chi connectivity index (χ3n) is 6.62. The van der Waals surface area contributed by atoms with E-state index in [9.17, 15) is 15.0 Å². The monoisotopic (exact) mass is 480 g/mol. The summed E-state index contributed by atoms with van der Waals surface area (Å²) < 4.78 is 5.93. The maximum atomic E-state index is 11.8. The number of hydrogen-bond acceptors (Lipinski definition) is 5. The van der Waals surface area contributed by atoms with Gasteiger partial charge in [-0.2, -0.15) is 0 Å².